The van der Waals surface area contributed by atoms with E-state index in [2.05, 4.69) is 197 Å². The monoisotopic (exact) mass is 846 g/mol. The van der Waals surface area contributed by atoms with Crippen molar-refractivity contribution < 1.29 is 23.3 Å². The molecule has 0 bridgehead atoms. The van der Waals surface area contributed by atoms with Gasteiger partial charge < -0.3 is 14.9 Å². The second-order valence-corrected chi connectivity index (χ2v) is 15.8. The fourth-order valence-corrected chi connectivity index (χ4v) is 7.04. The number of fused-ring (bicyclic) bond motifs is 2. The molecule has 0 heterocycles. The fourth-order valence-electron chi connectivity index (χ4n) is 7.04. The Labute approximate surface area is 357 Å². The molecule has 4 heteroatoms. The van der Waals surface area contributed by atoms with Gasteiger partial charge in [0, 0.05) is 0 Å². The molecule has 0 aliphatic heterocycles. The molecule has 0 aliphatic carbocycles. The van der Waals surface area contributed by atoms with Crippen molar-refractivity contribution in [2.75, 3.05) is 0 Å². The van der Waals surface area contributed by atoms with E-state index in [1.807, 2.05) is 0 Å². The molecular weight excluding hydrogens is 791 g/mol. The predicted octanol–water partition coefficient (Wildman–Crippen LogP) is 15.3. The van der Waals surface area contributed by atoms with Crippen LogP contribution in [0.15, 0.2) is 121 Å². The molecule has 54 heavy (non-hydrogen) atoms. The van der Waals surface area contributed by atoms with E-state index in [9.17, 15) is 0 Å². The fraction of sp³-hybridized carbons (Fsp3) is 0.240. The minimum atomic E-state index is 0. The first-order valence-electron chi connectivity index (χ1n) is 17.6. The normalized spacial score (nSPS) is 10.7. The Bertz CT molecular complexity index is 2220. The zero-order chi connectivity index (χ0) is 36.4. The molecule has 0 nitrogen and oxygen atoms in total. The van der Waals surface area contributed by atoms with Crippen LogP contribution in [0.4, 0.5) is 0 Å². The van der Waals surface area contributed by atoms with Crippen molar-refractivity contribution in [3.63, 3.8) is 0 Å². The molecule has 0 spiro atoms. The van der Waals surface area contributed by atoms with Gasteiger partial charge in [0.05, 0.1) is 0 Å². The van der Waals surface area contributed by atoms with E-state index in [1.54, 1.807) is 0 Å². The molecule has 0 saturated heterocycles. The van der Waals surface area contributed by atoms with Crippen molar-refractivity contribution >= 4 is 53.2 Å². The van der Waals surface area contributed by atoms with Crippen molar-refractivity contribution in [1.29, 1.82) is 0 Å². The average Bonchev–Trinajstić information content (AvgIpc) is 3.69. The zero-order valence-electron chi connectivity index (χ0n) is 34.4. The molecule has 2 radical (unpaired) electrons. The third-order valence-electron chi connectivity index (χ3n) is 9.89. The first kappa shape index (κ1) is 49.0. The van der Waals surface area contributed by atoms with Crippen LogP contribution in [0, 0.1) is 42.5 Å². The summed E-state index contributed by atoms with van der Waals surface area (Å²) in [6.45, 7) is 25.4. The standard InChI is InChI=1S/C27H27.C21H23.2CH3.2ClH.Si.Zr/c1-18-8-6-9-19(2)26(18)22-16-21-10-7-11-24(25(21)17-22)20-12-14-23(15-13-20)27(3,4)5;1-14-12-19-15(2)6-11-18(20(19)13-14)16-7-9-17(10-8-16)21(3,4)5;;;;;;/h6-17H,1-5H3;6-13H,1-5H3;2*1H3;2*1H;;/q4*-1;;;;. The number of rotatable bonds is 3. The summed E-state index contributed by atoms with van der Waals surface area (Å²) in [7, 11) is 0. The van der Waals surface area contributed by atoms with Gasteiger partial charge in [0.1, 0.15) is 0 Å². The van der Waals surface area contributed by atoms with Crippen molar-refractivity contribution in [3.8, 4) is 33.4 Å². The van der Waals surface area contributed by atoms with Gasteiger partial charge in [-0.05, 0) is 46.9 Å². The summed E-state index contributed by atoms with van der Waals surface area (Å²) in [6.07, 6.45) is 0. The number of benzene rings is 5. The van der Waals surface area contributed by atoms with Crippen molar-refractivity contribution in [3.05, 3.63) is 170 Å². The van der Waals surface area contributed by atoms with Gasteiger partial charge in [-0.2, -0.15) is 6.07 Å². The summed E-state index contributed by atoms with van der Waals surface area (Å²) in [6, 6.07) is 45.0. The Morgan fingerprint density at radius 1 is 0.500 bits per heavy atom. The van der Waals surface area contributed by atoms with Gasteiger partial charge in [0.15, 0.2) is 0 Å². The number of hydrogen-bond acceptors (Lipinski definition) is 0. The molecule has 7 rings (SSSR count). The summed E-state index contributed by atoms with van der Waals surface area (Å²) in [4.78, 5) is 0. The van der Waals surface area contributed by atoms with Crippen LogP contribution in [0.5, 0.6) is 0 Å². The maximum absolute atomic E-state index is 3.06. The molecule has 284 valence electrons. The van der Waals surface area contributed by atoms with Gasteiger partial charge in [-0.3, -0.25) is 0 Å². The Kier molecular flexibility index (Phi) is 18.4. The van der Waals surface area contributed by atoms with Crippen LogP contribution in [-0.2, 0) is 34.2 Å². The molecule has 0 unspecified atom stereocenters. The van der Waals surface area contributed by atoms with Gasteiger partial charge in [0.25, 0.3) is 0 Å². The van der Waals surface area contributed by atoms with E-state index in [0.717, 1.165) is 0 Å². The molecule has 0 amide bonds. The average molecular weight is 849 g/mol. The summed E-state index contributed by atoms with van der Waals surface area (Å²) in [5, 5.41) is 5.39. The van der Waals surface area contributed by atoms with E-state index in [0.29, 0.717) is 0 Å². The molecular formula is C50H58Cl2SiZr-4. The van der Waals surface area contributed by atoms with Crippen LogP contribution in [0.1, 0.15) is 74.9 Å². The van der Waals surface area contributed by atoms with E-state index < -0.39 is 0 Å². The van der Waals surface area contributed by atoms with E-state index in [-0.39, 0.29) is 50.5 Å². The first-order valence-corrected chi connectivity index (χ1v) is 21.8. The second kappa shape index (κ2) is 20.2. The van der Waals surface area contributed by atoms with Crippen LogP contribution in [0.2, 0.25) is 0 Å². The van der Waals surface area contributed by atoms with Crippen molar-refractivity contribution in [2.45, 2.75) is 80.1 Å². The Morgan fingerprint density at radius 2 is 0.963 bits per heavy atom. The van der Waals surface area contributed by atoms with Gasteiger partial charge in [-0.1, -0.05) is 168 Å². The summed E-state index contributed by atoms with van der Waals surface area (Å²) >= 11 is 1.36. The molecule has 0 N–H and O–H groups in total. The summed E-state index contributed by atoms with van der Waals surface area (Å²) in [5.41, 5.74) is 16.4. The predicted molar refractivity (Wildman–Crippen MR) is 245 cm³/mol. The maximum atomic E-state index is 3.06. The molecule has 0 aliphatic rings. The van der Waals surface area contributed by atoms with Crippen LogP contribution in [0.3, 0.4) is 0 Å². The first-order chi connectivity index (χ1) is 23.7. The van der Waals surface area contributed by atoms with Gasteiger partial charge in [-0.15, -0.1) is 93.4 Å². The number of hydrogen-bond donors (Lipinski definition) is 0. The molecule has 0 atom stereocenters. The SMILES string of the molecule is Cc1cc2c(-c3ccc(C(C)(C)C)cc3)ccc(C)c2[cH-]1.Cc1cccc(C)c1-c1cc2c(-c3ccc(C(C)(C)C)cc3)cccc2[cH-]1.Cl.Cl.[CH3-].[CH3-].[Si]=[Zr]. The minimum absolute atomic E-state index is 0. The van der Waals surface area contributed by atoms with Crippen LogP contribution in [-0.4, -0.2) is 6.88 Å². The van der Waals surface area contributed by atoms with E-state index in [4.69, 9.17) is 0 Å². The number of halogens is 2. The topological polar surface area (TPSA) is 0 Å². The van der Waals surface area contributed by atoms with Gasteiger partial charge >= 0.3 is 30.2 Å². The Hall–Kier alpha value is -3.00. The third kappa shape index (κ3) is 10.9. The van der Waals surface area contributed by atoms with Gasteiger partial charge in [0.2, 0.25) is 0 Å². The zero-order valence-corrected chi connectivity index (χ0v) is 39.5. The second-order valence-electron chi connectivity index (χ2n) is 15.8. The van der Waals surface area contributed by atoms with Crippen molar-refractivity contribution in [2.24, 2.45) is 0 Å². The number of aryl methyl sites for hydroxylation is 4. The van der Waals surface area contributed by atoms with Crippen LogP contribution >= 0.6 is 24.8 Å². The third-order valence-corrected chi connectivity index (χ3v) is 9.89. The van der Waals surface area contributed by atoms with Gasteiger partial charge in [-0.25, -0.2) is 0 Å². The van der Waals surface area contributed by atoms with Crippen molar-refractivity contribution in [1.82, 2.24) is 0 Å². The summed E-state index contributed by atoms with van der Waals surface area (Å²) < 4.78 is 0. The Morgan fingerprint density at radius 3 is 1.44 bits per heavy atom. The molecule has 0 saturated carbocycles. The molecule has 0 fully saturated rings. The van der Waals surface area contributed by atoms with E-state index >= 15 is 0 Å². The Balaban J connectivity index is 0.000000493. The molecule has 7 aromatic rings. The van der Waals surface area contributed by atoms with Crippen LogP contribution in [0.25, 0.3) is 54.9 Å². The quantitative estimate of drug-likeness (QED) is 0.123. The van der Waals surface area contributed by atoms with Crippen LogP contribution < -0.4 is 0 Å². The molecule has 7 aromatic carbocycles. The van der Waals surface area contributed by atoms with E-state index in [1.165, 1.54) is 112 Å². The molecule has 0 aromatic heterocycles. The summed E-state index contributed by atoms with van der Waals surface area (Å²) in [5.74, 6) is 0.